The van der Waals surface area contributed by atoms with E-state index in [0.29, 0.717) is 19.3 Å². The maximum atomic E-state index is 13.5. The number of aliphatic hydroxyl groups excluding tert-OH is 1. The van der Waals surface area contributed by atoms with Crippen molar-refractivity contribution in [3.63, 3.8) is 0 Å². The zero-order chi connectivity index (χ0) is 29.2. The van der Waals surface area contributed by atoms with Gasteiger partial charge in [0.05, 0.1) is 13.7 Å². The Morgan fingerprint density at radius 2 is 1.68 bits per heavy atom. The molecule has 0 radical (unpaired) electrons. The summed E-state index contributed by atoms with van der Waals surface area (Å²) in [5.41, 5.74) is 17.7. The molecule has 0 aromatic carbocycles. The summed E-state index contributed by atoms with van der Waals surface area (Å²) in [7, 11) is 1.44. The van der Waals surface area contributed by atoms with Crippen LogP contribution < -0.4 is 0 Å². The number of hydrogen-bond acceptors (Lipinski definition) is 4. The minimum Gasteiger partial charge on any atom is -0.469 e. The van der Waals surface area contributed by atoms with E-state index in [1.54, 1.807) is 0 Å². The summed E-state index contributed by atoms with van der Waals surface area (Å²) in [6.45, 7) is 10.9. The standard InChI is InChI=1S/C37H40O4/c1-7-29-19(2)24-11-27(29)14-26-16-33-32(17-35(39)37(33)22(26)5)31-15-25(20(3)30(31)8-9-36(40)41-6)10-23-12-28(13-24)34(18-38)21(23)4/h10-11,13-15,20,30,38H,7-9,12,16-18H2,1-6H3/t20-,30+/m1/s1. The van der Waals surface area contributed by atoms with E-state index in [0.717, 1.165) is 41.6 Å². The van der Waals surface area contributed by atoms with E-state index >= 15 is 0 Å². The molecule has 0 saturated heterocycles. The van der Waals surface area contributed by atoms with Crippen LogP contribution in [0.5, 0.6) is 0 Å². The number of ketones is 1. The number of allylic oxidation sites excluding steroid dienone is 18. The third-order valence-corrected chi connectivity index (χ3v) is 10.4. The number of carbonyl (C=O) groups is 2. The van der Waals surface area contributed by atoms with Crippen LogP contribution in [0.15, 0.2) is 114 Å². The van der Waals surface area contributed by atoms with E-state index in [1.807, 2.05) is 0 Å². The lowest BCUT2D eigenvalue weighted by Gasteiger charge is -2.22. The second kappa shape index (κ2) is 10.4. The molecule has 0 fully saturated rings. The van der Waals surface area contributed by atoms with E-state index in [1.165, 1.54) is 68.4 Å². The molecule has 8 bridgehead atoms. The van der Waals surface area contributed by atoms with Crippen molar-refractivity contribution in [2.75, 3.05) is 13.7 Å². The fraction of sp³-hybridized carbons (Fsp3) is 0.405. The van der Waals surface area contributed by atoms with E-state index in [-0.39, 0.29) is 30.2 Å². The monoisotopic (exact) mass is 548 g/mol. The summed E-state index contributed by atoms with van der Waals surface area (Å²) in [4.78, 5) is 25.7. The zero-order valence-electron chi connectivity index (χ0n) is 25.2. The van der Waals surface area contributed by atoms with Crippen LogP contribution in [0.25, 0.3) is 0 Å². The number of methoxy groups -OCH3 is 1. The maximum absolute atomic E-state index is 13.5. The molecular formula is C37H40O4. The third-order valence-electron chi connectivity index (χ3n) is 10.4. The first-order valence-electron chi connectivity index (χ1n) is 15.0. The SMILES string of the molecule is CCC1=C(C)C2=CC3=C(CO)C(C)=C(C=C4C=C(C5=C6CC(=CC1=C2)C(C)=C6C(=O)C5)[C@@H](CCC(=O)OC)[C@@H]4C)C3. The van der Waals surface area contributed by atoms with Crippen molar-refractivity contribution in [3.05, 3.63) is 114 Å². The van der Waals surface area contributed by atoms with Crippen LogP contribution in [0.2, 0.25) is 0 Å². The van der Waals surface area contributed by atoms with Crippen molar-refractivity contribution < 1.29 is 19.4 Å². The summed E-state index contributed by atoms with van der Waals surface area (Å²) < 4.78 is 4.99. The molecule has 0 aromatic heterocycles. The molecule has 0 saturated carbocycles. The summed E-state index contributed by atoms with van der Waals surface area (Å²) in [6.07, 6.45) is 15.5. The van der Waals surface area contributed by atoms with Gasteiger partial charge >= 0.3 is 5.97 Å². The molecule has 212 valence electrons. The van der Waals surface area contributed by atoms with Gasteiger partial charge < -0.3 is 9.84 Å². The van der Waals surface area contributed by atoms with Crippen molar-refractivity contribution in [1.29, 1.82) is 0 Å². The Kier molecular flexibility index (Phi) is 7.02. The van der Waals surface area contributed by atoms with Crippen molar-refractivity contribution in [3.8, 4) is 0 Å². The van der Waals surface area contributed by atoms with Gasteiger partial charge in [0.1, 0.15) is 0 Å². The Labute approximate surface area is 243 Å². The van der Waals surface area contributed by atoms with Gasteiger partial charge in [0, 0.05) is 18.4 Å². The maximum Gasteiger partial charge on any atom is 0.305 e. The Hall–Kier alpha value is -3.50. The lowest BCUT2D eigenvalue weighted by molar-refractivity contribution is -0.140. The molecule has 0 unspecified atom stereocenters. The molecule has 6 rings (SSSR count). The minimum absolute atomic E-state index is 0.0190. The average Bonchev–Trinajstić information content (AvgIpc) is 3.70. The number of fused-ring (bicyclic) bond motifs is 6. The van der Waals surface area contributed by atoms with Crippen LogP contribution in [0.4, 0.5) is 0 Å². The highest BCUT2D eigenvalue weighted by Gasteiger charge is 2.41. The Balaban J connectivity index is 1.57. The molecule has 0 aromatic rings. The number of rotatable bonds is 5. The Bertz CT molecular complexity index is 1620. The van der Waals surface area contributed by atoms with Crippen molar-refractivity contribution >= 4 is 11.8 Å². The molecule has 4 nitrogen and oxygen atoms in total. The number of esters is 1. The van der Waals surface area contributed by atoms with Gasteiger partial charge in [-0.2, -0.15) is 0 Å². The normalized spacial score (nSPS) is 25.4. The highest BCUT2D eigenvalue weighted by Crippen LogP contribution is 2.52. The fourth-order valence-electron chi connectivity index (χ4n) is 7.88. The molecule has 0 amide bonds. The van der Waals surface area contributed by atoms with Crippen LogP contribution in [0, 0.1) is 11.8 Å². The predicted octanol–water partition coefficient (Wildman–Crippen LogP) is 7.59. The molecule has 0 aliphatic heterocycles. The first-order chi connectivity index (χ1) is 19.7. The minimum atomic E-state index is -0.197. The van der Waals surface area contributed by atoms with Crippen molar-refractivity contribution in [1.82, 2.24) is 0 Å². The smallest absolute Gasteiger partial charge is 0.305 e. The highest BCUT2D eigenvalue weighted by molar-refractivity contribution is 6.08. The zero-order valence-corrected chi connectivity index (χ0v) is 25.2. The fourth-order valence-corrected chi connectivity index (χ4v) is 7.88. The summed E-state index contributed by atoms with van der Waals surface area (Å²) in [5, 5.41) is 10.4. The van der Waals surface area contributed by atoms with E-state index in [4.69, 9.17) is 4.74 Å². The molecule has 6 aliphatic carbocycles. The van der Waals surface area contributed by atoms with Gasteiger partial charge in [0.2, 0.25) is 0 Å². The van der Waals surface area contributed by atoms with Crippen molar-refractivity contribution in [2.24, 2.45) is 11.8 Å². The molecule has 6 aliphatic rings. The lowest BCUT2D eigenvalue weighted by atomic mass is 9.82. The quantitative estimate of drug-likeness (QED) is 0.360. The Morgan fingerprint density at radius 1 is 0.902 bits per heavy atom. The van der Waals surface area contributed by atoms with Gasteiger partial charge in [0.25, 0.3) is 0 Å². The first-order valence-corrected chi connectivity index (χ1v) is 15.0. The number of ether oxygens (including phenoxy) is 1. The molecule has 1 N–H and O–H groups in total. The average molecular weight is 549 g/mol. The Morgan fingerprint density at radius 3 is 2.39 bits per heavy atom. The van der Waals surface area contributed by atoms with Crippen molar-refractivity contribution in [2.45, 2.75) is 73.1 Å². The van der Waals surface area contributed by atoms with E-state index in [9.17, 15) is 14.7 Å². The first kappa shape index (κ1) is 27.7. The molecule has 2 atom stereocenters. The number of carbonyl (C=O) groups excluding carboxylic acids is 2. The second-order valence-electron chi connectivity index (χ2n) is 12.3. The third kappa shape index (κ3) is 4.39. The molecule has 41 heavy (non-hydrogen) atoms. The number of hydrogen-bond donors (Lipinski definition) is 1. The largest absolute Gasteiger partial charge is 0.469 e. The number of aliphatic hydroxyl groups is 1. The second-order valence-corrected chi connectivity index (χ2v) is 12.3. The number of Topliss-reactive ketones (excluding diaryl/α,β-unsaturated/α-hetero) is 1. The lowest BCUT2D eigenvalue weighted by Crippen LogP contribution is -2.14. The molecular weight excluding hydrogens is 508 g/mol. The van der Waals surface area contributed by atoms with Crippen LogP contribution in [-0.2, 0) is 14.3 Å². The van der Waals surface area contributed by atoms with Gasteiger partial charge in [-0.1, -0.05) is 38.2 Å². The van der Waals surface area contributed by atoms with Gasteiger partial charge in [0.15, 0.2) is 5.78 Å². The highest BCUT2D eigenvalue weighted by atomic mass is 16.5. The van der Waals surface area contributed by atoms with Gasteiger partial charge in [-0.25, -0.2) is 0 Å². The van der Waals surface area contributed by atoms with Gasteiger partial charge in [-0.05, 0) is 142 Å². The summed E-state index contributed by atoms with van der Waals surface area (Å²) in [6, 6.07) is 0. The molecule has 0 spiro atoms. The molecule has 0 heterocycles. The van der Waals surface area contributed by atoms with Crippen LogP contribution in [0.3, 0.4) is 0 Å². The van der Waals surface area contributed by atoms with Crippen LogP contribution in [0.1, 0.15) is 73.1 Å². The topological polar surface area (TPSA) is 63.6 Å². The van der Waals surface area contributed by atoms with Crippen LogP contribution in [-0.4, -0.2) is 30.6 Å². The molecule has 4 heteroatoms. The van der Waals surface area contributed by atoms with E-state index in [2.05, 4.69) is 65.0 Å². The van der Waals surface area contributed by atoms with Gasteiger partial charge in [-0.15, -0.1) is 0 Å². The summed E-state index contributed by atoms with van der Waals surface area (Å²) in [5.74, 6) is 0.368. The van der Waals surface area contributed by atoms with Crippen LogP contribution >= 0.6 is 0 Å². The van der Waals surface area contributed by atoms with Gasteiger partial charge in [-0.3, -0.25) is 9.59 Å². The van der Waals surface area contributed by atoms with E-state index < -0.39 is 0 Å². The summed E-state index contributed by atoms with van der Waals surface area (Å²) >= 11 is 0. The predicted molar refractivity (Wildman–Crippen MR) is 163 cm³/mol.